The number of rotatable bonds is 11. The van der Waals surface area contributed by atoms with Crippen LogP contribution in [-0.4, -0.2) is 106 Å². The summed E-state index contributed by atoms with van der Waals surface area (Å²) in [7, 11) is 0. The van der Waals surface area contributed by atoms with Crippen molar-refractivity contribution >= 4 is 17.7 Å². The number of carbonyl (C=O) groups excluding carboxylic acids is 3. The molecule has 1 heterocycles. The molecule has 0 aromatic heterocycles. The largest absolute Gasteiger partial charge is 0.466 e. The van der Waals surface area contributed by atoms with E-state index in [1.54, 1.807) is 0 Å². The van der Waals surface area contributed by atoms with Crippen LogP contribution in [0, 0.1) is 45.3 Å². The van der Waals surface area contributed by atoms with Gasteiger partial charge in [-0.1, -0.05) is 51.0 Å². The third-order valence-corrected chi connectivity index (χ3v) is 14.4. The van der Waals surface area contributed by atoms with Gasteiger partial charge in [0, 0.05) is 25.7 Å². The number of aliphatic hydroxyl groups excluding tert-OH is 5. The molecule has 0 aromatic carbocycles. The zero-order valence-corrected chi connectivity index (χ0v) is 32.2. The van der Waals surface area contributed by atoms with E-state index >= 15 is 0 Å². The van der Waals surface area contributed by atoms with E-state index in [1.165, 1.54) is 19.4 Å². The first kappa shape index (κ1) is 41.0. The van der Waals surface area contributed by atoms with Crippen LogP contribution in [0.25, 0.3) is 0 Å². The van der Waals surface area contributed by atoms with Crippen molar-refractivity contribution in [2.24, 2.45) is 45.3 Å². The van der Waals surface area contributed by atoms with Crippen molar-refractivity contribution < 1.29 is 58.9 Å². The Balaban J connectivity index is 1.50. The Labute approximate surface area is 307 Å². The lowest BCUT2D eigenvalue weighted by atomic mass is 9.40. The average Bonchev–Trinajstić information content (AvgIpc) is 3.35. The predicted octanol–water partition coefficient (Wildman–Crippen LogP) is 3.40. The zero-order valence-electron chi connectivity index (χ0n) is 32.2. The molecule has 0 bridgehead atoms. The number of fused-ring (bicyclic) bond motifs is 5. The molecular weight excluding hydrogens is 672 g/mol. The van der Waals surface area contributed by atoms with E-state index in [9.17, 15) is 39.9 Å². The van der Waals surface area contributed by atoms with Crippen molar-refractivity contribution in [3.63, 3.8) is 0 Å². The van der Waals surface area contributed by atoms with E-state index < -0.39 is 65.8 Å². The molecule has 294 valence electrons. The number of esters is 2. The van der Waals surface area contributed by atoms with Crippen LogP contribution in [0.3, 0.4) is 0 Å². The maximum absolute atomic E-state index is 13.9. The van der Waals surface area contributed by atoms with Crippen LogP contribution in [-0.2, 0) is 33.3 Å². The Bertz CT molecular complexity index is 1420. The molecule has 15 atom stereocenters. The SMILES string of the molecule is CC(=O)OCC(CC(O)C=C(C)C)[C@@H]1CC[C@]2(C)C3=CC[C@@H]4[C@](C)(CCC(=O)[C@]4(C)CO[C@@H]4O[C@H](CO)[C@@H](O)[C@H](O)[C@H]4O)[C@H]3C[C@@H](OC(C)=O)[C@@]12C. The van der Waals surface area contributed by atoms with Crippen LogP contribution in [0.1, 0.15) is 100 Å². The van der Waals surface area contributed by atoms with Crippen LogP contribution < -0.4 is 0 Å². The molecule has 0 amide bonds. The van der Waals surface area contributed by atoms with Crippen LogP contribution in [0.2, 0.25) is 0 Å². The van der Waals surface area contributed by atoms with Gasteiger partial charge in [0.2, 0.25) is 0 Å². The number of ether oxygens (including phenoxy) is 4. The Morgan fingerprint density at radius 3 is 2.33 bits per heavy atom. The zero-order chi connectivity index (χ0) is 38.6. The Kier molecular flexibility index (Phi) is 11.9. The van der Waals surface area contributed by atoms with E-state index in [0.29, 0.717) is 32.1 Å². The minimum atomic E-state index is -1.59. The number of ketones is 1. The van der Waals surface area contributed by atoms with Crippen molar-refractivity contribution in [1.82, 2.24) is 0 Å². The van der Waals surface area contributed by atoms with Crippen molar-refractivity contribution in [2.75, 3.05) is 19.8 Å². The van der Waals surface area contributed by atoms with Gasteiger partial charge in [0.15, 0.2) is 6.29 Å². The lowest BCUT2D eigenvalue weighted by Crippen LogP contribution is -2.63. The first-order chi connectivity index (χ1) is 24.2. The summed E-state index contributed by atoms with van der Waals surface area (Å²) >= 11 is 0. The number of hydrogen-bond donors (Lipinski definition) is 5. The van der Waals surface area contributed by atoms with Gasteiger partial charge >= 0.3 is 11.9 Å². The third-order valence-electron chi connectivity index (χ3n) is 14.4. The van der Waals surface area contributed by atoms with Crippen molar-refractivity contribution in [1.29, 1.82) is 0 Å². The summed E-state index contributed by atoms with van der Waals surface area (Å²) in [5, 5.41) is 52.0. The van der Waals surface area contributed by atoms with Crippen molar-refractivity contribution in [3.05, 3.63) is 23.3 Å². The molecule has 12 heteroatoms. The topological polar surface area (TPSA) is 189 Å². The van der Waals surface area contributed by atoms with E-state index in [-0.39, 0.29) is 60.0 Å². The minimum Gasteiger partial charge on any atom is -0.466 e. The fourth-order valence-electron chi connectivity index (χ4n) is 11.5. The van der Waals surface area contributed by atoms with Gasteiger partial charge < -0.3 is 44.5 Å². The monoisotopic (exact) mass is 734 g/mol. The molecule has 3 saturated carbocycles. The first-order valence-corrected chi connectivity index (χ1v) is 19.0. The molecule has 2 unspecified atom stereocenters. The molecule has 5 aliphatic rings. The number of hydrogen-bond acceptors (Lipinski definition) is 12. The minimum absolute atomic E-state index is 0.0182. The lowest BCUT2D eigenvalue weighted by Gasteiger charge is -2.65. The van der Waals surface area contributed by atoms with E-state index in [4.69, 9.17) is 18.9 Å². The van der Waals surface area contributed by atoms with E-state index in [2.05, 4.69) is 26.8 Å². The summed E-state index contributed by atoms with van der Waals surface area (Å²) in [5.74, 6) is -1.12. The summed E-state index contributed by atoms with van der Waals surface area (Å²) in [6.45, 7) is 14.8. The molecule has 5 rings (SSSR count). The third kappa shape index (κ3) is 6.95. The molecule has 0 aromatic rings. The van der Waals surface area contributed by atoms with Gasteiger partial charge in [-0.3, -0.25) is 14.4 Å². The van der Waals surface area contributed by atoms with Gasteiger partial charge in [0.1, 0.15) is 36.3 Å². The van der Waals surface area contributed by atoms with E-state index in [1.807, 2.05) is 26.8 Å². The van der Waals surface area contributed by atoms with Gasteiger partial charge in [0.25, 0.3) is 0 Å². The van der Waals surface area contributed by atoms with Crippen LogP contribution in [0.4, 0.5) is 0 Å². The molecule has 5 N–H and O–H groups in total. The Hall–Kier alpha value is -2.19. The van der Waals surface area contributed by atoms with E-state index in [0.717, 1.165) is 18.4 Å². The molecular formula is C40H62O12. The van der Waals surface area contributed by atoms with Crippen LogP contribution in [0.5, 0.6) is 0 Å². The van der Waals surface area contributed by atoms with Gasteiger partial charge in [-0.25, -0.2) is 0 Å². The summed E-state index contributed by atoms with van der Waals surface area (Å²) in [6.07, 6.45) is -0.113. The number of carbonyl (C=O) groups is 3. The van der Waals surface area contributed by atoms with Gasteiger partial charge in [-0.15, -0.1) is 0 Å². The Morgan fingerprint density at radius 1 is 1.02 bits per heavy atom. The quantitative estimate of drug-likeness (QED) is 0.154. The van der Waals surface area contributed by atoms with Gasteiger partial charge in [-0.05, 0) is 86.9 Å². The maximum atomic E-state index is 13.9. The summed E-state index contributed by atoms with van der Waals surface area (Å²) in [4.78, 5) is 38.8. The number of Topliss-reactive ketones (excluding diaryl/α,β-unsaturated/α-hetero) is 1. The molecule has 1 aliphatic heterocycles. The summed E-state index contributed by atoms with van der Waals surface area (Å²) in [6, 6.07) is 0. The highest BCUT2D eigenvalue weighted by Crippen LogP contribution is 2.73. The first-order valence-electron chi connectivity index (χ1n) is 19.0. The molecule has 52 heavy (non-hydrogen) atoms. The summed E-state index contributed by atoms with van der Waals surface area (Å²) < 4.78 is 23.6. The van der Waals surface area contributed by atoms with Crippen molar-refractivity contribution in [3.8, 4) is 0 Å². The molecule has 0 radical (unpaired) electrons. The fourth-order valence-corrected chi connectivity index (χ4v) is 11.5. The molecule has 1 saturated heterocycles. The molecule has 12 nitrogen and oxygen atoms in total. The highest BCUT2D eigenvalue weighted by molar-refractivity contribution is 5.86. The second-order valence-corrected chi connectivity index (χ2v) is 17.6. The Morgan fingerprint density at radius 2 is 1.71 bits per heavy atom. The molecule has 0 spiro atoms. The van der Waals surface area contributed by atoms with Crippen LogP contribution >= 0.6 is 0 Å². The van der Waals surface area contributed by atoms with Gasteiger partial charge in [0.05, 0.1) is 31.3 Å². The molecule has 4 fully saturated rings. The lowest BCUT2D eigenvalue weighted by molar-refractivity contribution is -0.307. The smallest absolute Gasteiger partial charge is 0.302 e. The highest BCUT2D eigenvalue weighted by atomic mass is 16.7. The summed E-state index contributed by atoms with van der Waals surface area (Å²) in [5.41, 5.74) is -0.00707. The second kappa shape index (κ2) is 15.2. The van der Waals surface area contributed by atoms with Gasteiger partial charge in [-0.2, -0.15) is 0 Å². The average molecular weight is 735 g/mol. The second-order valence-electron chi connectivity index (χ2n) is 17.6. The number of allylic oxidation sites excluding steroid dienone is 3. The maximum Gasteiger partial charge on any atom is 0.302 e. The number of aliphatic hydroxyl groups is 5. The fraction of sp³-hybridized carbons (Fsp3) is 0.825. The molecule has 4 aliphatic carbocycles. The normalized spacial score (nSPS) is 44.0. The highest BCUT2D eigenvalue weighted by Gasteiger charge is 2.70. The van der Waals surface area contributed by atoms with Crippen molar-refractivity contribution in [2.45, 2.75) is 143 Å². The predicted molar refractivity (Wildman–Crippen MR) is 189 cm³/mol. The standard InChI is InChI=1S/C40H62O12/c1-21(2)15-25(44)16-24(19-49-22(3)42)26-11-14-39(7)27-9-10-30-37(5,28(27)17-32(40(26,39)8)51-23(4)43)13-12-31(45)38(30,6)20-50-36-35(48)34(47)33(46)29(18-41)52-36/h9,15,24-26,28-30,32-36,41,44,46-48H,10-14,16-20H2,1-8H3/t24?,25?,26-,28-,29+,30+,32+,33+,34-,35+,36+,37+,38+,39+,40+/m0/s1. The van der Waals surface area contributed by atoms with Crippen LogP contribution in [0.15, 0.2) is 23.3 Å².